The molecule has 2 unspecified atom stereocenters. The zero-order valence-electron chi connectivity index (χ0n) is 8.72. The fraction of sp³-hybridized carbons (Fsp3) is 1.00. The molecule has 0 aromatic rings. The van der Waals surface area contributed by atoms with Crippen LogP contribution in [-0.2, 0) is 4.74 Å². The Morgan fingerprint density at radius 2 is 1.67 bits per heavy atom. The van der Waals surface area contributed by atoms with Gasteiger partial charge in [0.1, 0.15) is 6.10 Å². The summed E-state index contributed by atoms with van der Waals surface area (Å²) >= 11 is 0. The van der Waals surface area contributed by atoms with Crippen LogP contribution >= 0.6 is 0 Å². The molecule has 72 valence electrons. The zero-order chi connectivity index (χ0) is 9.57. The van der Waals surface area contributed by atoms with Gasteiger partial charge in [0.15, 0.2) is 0 Å². The summed E-state index contributed by atoms with van der Waals surface area (Å²) in [7, 11) is 0. The molecule has 2 heteroatoms. The number of rotatable bonds is 2. The van der Waals surface area contributed by atoms with Gasteiger partial charge >= 0.3 is 0 Å². The molecule has 1 saturated heterocycles. The Kier molecular flexibility index (Phi) is 2.26. The summed E-state index contributed by atoms with van der Waals surface area (Å²) in [6.45, 7) is 11.2. The molecule has 2 atom stereocenters. The van der Waals surface area contributed by atoms with Gasteiger partial charge in [-0.1, -0.05) is 34.6 Å². The van der Waals surface area contributed by atoms with E-state index in [4.69, 9.17) is 9.84 Å². The van der Waals surface area contributed by atoms with Crippen LogP contribution in [0.25, 0.3) is 0 Å². The van der Waals surface area contributed by atoms with Crippen molar-refractivity contribution in [2.24, 2.45) is 10.8 Å². The highest BCUT2D eigenvalue weighted by molar-refractivity contribution is 5.00. The minimum absolute atomic E-state index is 0.0826. The summed E-state index contributed by atoms with van der Waals surface area (Å²) < 4.78 is 5.41. The van der Waals surface area contributed by atoms with Crippen molar-refractivity contribution in [1.29, 1.82) is 0 Å². The van der Waals surface area contributed by atoms with Crippen molar-refractivity contribution in [3.05, 3.63) is 0 Å². The van der Waals surface area contributed by atoms with Gasteiger partial charge in [0.05, 0.1) is 12.7 Å². The normalized spacial score (nSPS) is 30.5. The maximum Gasteiger partial charge on any atom is 0.108 e. The number of hydrogen-bond acceptors (Lipinski definition) is 2. The zero-order valence-corrected chi connectivity index (χ0v) is 8.72. The Morgan fingerprint density at radius 3 is 1.92 bits per heavy atom. The van der Waals surface area contributed by atoms with Crippen LogP contribution < -0.4 is 0 Å². The van der Waals surface area contributed by atoms with E-state index < -0.39 is 0 Å². The number of epoxide rings is 1. The van der Waals surface area contributed by atoms with E-state index in [1.807, 2.05) is 0 Å². The molecule has 0 bridgehead atoms. The second-order valence-corrected chi connectivity index (χ2v) is 5.25. The first kappa shape index (κ1) is 10.0. The molecular weight excluding hydrogens is 152 g/mol. The van der Waals surface area contributed by atoms with Crippen LogP contribution in [0.5, 0.6) is 0 Å². The molecule has 0 aromatic heterocycles. The first-order valence-electron chi connectivity index (χ1n) is 4.57. The Labute approximate surface area is 74.9 Å². The number of aliphatic hydroxyl groups excluding tert-OH is 1. The molecule has 0 amide bonds. The second kappa shape index (κ2) is 2.71. The van der Waals surface area contributed by atoms with Crippen molar-refractivity contribution in [3.8, 4) is 0 Å². The summed E-state index contributed by atoms with van der Waals surface area (Å²) in [5, 5.41) is 8.88. The van der Waals surface area contributed by atoms with Crippen LogP contribution in [0.2, 0.25) is 0 Å². The molecule has 1 N–H and O–H groups in total. The van der Waals surface area contributed by atoms with Gasteiger partial charge in [-0.05, 0) is 10.8 Å². The Balaban J connectivity index is 2.62. The first-order valence-corrected chi connectivity index (χ1v) is 4.57. The van der Waals surface area contributed by atoms with Gasteiger partial charge in [-0.3, -0.25) is 0 Å². The lowest BCUT2D eigenvalue weighted by molar-refractivity contribution is 0.0894. The van der Waals surface area contributed by atoms with Gasteiger partial charge < -0.3 is 9.84 Å². The molecule has 1 aliphatic rings. The van der Waals surface area contributed by atoms with E-state index in [9.17, 15) is 0 Å². The van der Waals surface area contributed by atoms with Crippen molar-refractivity contribution in [2.75, 3.05) is 6.61 Å². The highest BCUT2D eigenvalue weighted by atomic mass is 16.6. The summed E-state index contributed by atoms with van der Waals surface area (Å²) in [6.07, 6.45) is 0.321. The molecule has 2 nitrogen and oxygen atoms in total. The predicted octanol–water partition coefficient (Wildman–Crippen LogP) is 1.82. The van der Waals surface area contributed by atoms with E-state index in [1.165, 1.54) is 0 Å². The lowest BCUT2D eigenvalue weighted by Crippen LogP contribution is -2.36. The van der Waals surface area contributed by atoms with E-state index >= 15 is 0 Å². The van der Waals surface area contributed by atoms with E-state index in [-0.39, 0.29) is 29.6 Å². The van der Waals surface area contributed by atoms with Crippen LogP contribution in [0, 0.1) is 10.8 Å². The molecule has 0 spiro atoms. The SMILES string of the molecule is CC(C)(C)C(C)(C)C1OC1CO. The maximum atomic E-state index is 8.88. The lowest BCUT2D eigenvalue weighted by atomic mass is 9.66. The summed E-state index contributed by atoms with van der Waals surface area (Å²) in [4.78, 5) is 0. The summed E-state index contributed by atoms with van der Waals surface area (Å²) in [5.41, 5.74) is 0.363. The minimum Gasteiger partial charge on any atom is -0.394 e. The lowest BCUT2D eigenvalue weighted by Gasteiger charge is -2.37. The monoisotopic (exact) mass is 172 g/mol. The van der Waals surface area contributed by atoms with Gasteiger partial charge in [0.25, 0.3) is 0 Å². The third kappa shape index (κ3) is 1.50. The Bertz CT molecular complexity index is 167. The quantitative estimate of drug-likeness (QED) is 0.644. The van der Waals surface area contributed by atoms with Crippen molar-refractivity contribution in [3.63, 3.8) is 0 Å². The summed E-state index contributed by atoms with van der Waals surface area (Å²) in [5.74, 6) is 0. The average molecular weight is 172 g/mol. The molecule has 0 saturated carbocycles. The predicted molar refractivity (Wildman–Crippen MR) is 49.0 cm³/mol. The Hall–Kier alpha value is -0.0800. The third-order valence-electron chi connectivity index (χ3n) is 3.41. The van der Waals surface area contributed by atoms with E-state index in [0.717, 1.165) is 0 Å². The second-order valence-electron chi connectivity index (χ2n) is 5.25. The number of aliphatic hydroxyl groups is 1. The number of ether oxygens (including phenoxy) is 1. The van der Waals surface area contributed by atoms with Gasteiger partial charge in [0, 0.05) is 0 Å². The van der Waals surface area contributed by atoms with Gasteiger partial charge in [-0.15, -0.1) is 0 Å². The van der Waals surface area contributed by atoms with Crippen molar-refractivity contribution < 1.29 is 9.84 Å². The molecule has 0 radical (unpaired) electrons. The van der Waals surface area contributed by atoms with Crippen molar-refractivity contribution in [2.45, 2.75) is 46.8 Å². The molecule has 1 aliphatic heterocycles. The largest absolute Gasteiger partial charge is 0.394 e. The number of hydrogen-bond donors (Lipinski definition) is 1. The third-order valence-corrected chi connectivity index (χ3v) is 3.41. The topological polar surface area (TPSA) is 32.8 Å². The highest BCUT2D eigenvalue weighted by Gasteiger charge is 2.53. The molecule has 12 heavy (non-hydrogen) atoms. The molecule has 0 aromatic carbocycles. The van der Waals surface area contributed by atoms with E-state index in [2.05, 4.69) is 34.6 Å². The molecule has 1 fully saturated rings. The maximum absolute atomic E-state index is 8.88. The fourth-order valence-electron chi connectivity index (χ4n) is 1.34. The van der Waals surface area contributed by atoms with Gasteiger partial charge in [-0.2, -0.15) is 0 Å². The molecule has 1 rings (SSSR count). The standard InChI is InChI=1S/C10H20O2/c1-9(2,3)10(4,5)8-7(6-11)12-8/h7-8,11H,6H2,1-5H3. The average Bonchev–Trinajstić information content (AvgIpc) is 2.62. The Morgan fingerprint density at radius 1 is 1.17 bits per heavy atom. The molecular formula is C10H20O2. The molecule has 1 heterocycles. The van der Waals surface area contributed by atoms with Crippen LogP contribution in [0.15, 0.2) is 0 Å². The summed E-state index contributed by atoms with van der Waals surface area (Å²) in [6, 6.07) is 0. The van der Waals surface area contributed by atoms with Gasteiger partial charge in [-0.25, -0.2) is 0 Å². The van der Waals surface area contributed by atoms with Gasteiger partial charge in [0.2, 0.25) is 0 Å². The van der Waals surface area contributed by atoms with Crippen LogP contribution in [0.4, 0.5) is 0 Å². The minimum atomic E-state index is 0.0826. The van der Waals surface area contributed by atoms with Crippen LogP contribution in [0.3, 0.4) is 0 Å². The van der Waals surface area contributed by atoms with E-state index in [1.54, 1.807) is 0 Å². The first-order chi connectivity index (χ1) is 5.30. The van der Waals surface area contributed by atoms with Crippen molar-refractivity contribution in [1.82, 2.24) is 0 Å². The van der Waals surface area contributed by atoms with E-state index in [0.29, 0.717) is 0 Å². The van der Waals surface area contributed by atoms with Crippen LogP contribution in [0.1, 0.15) is 34.6 Å². The fourth-order valence-corrected chi connectivity index (χ4v) is 1.34. The van der Waals surface area contributed by atoms with Crippen LogP contribution in [-0.4, -0.2) is 23.9 Å². The molecule has 0 aliphatic carbocycles. The highest BCUT2D eigenvalue weighted by Crippen LogP contribution is 2.49. The van der Waals surface area contributed by atoms with Crippen molar-refractivity contribution >= 4 is 0 Å². The smallest absolute Gasteiger partial charge is 0.108 e.